The predicted octanol–water partition coefficient (Wildman–Crippen LogP) is 3.49. The smallest absolute Gasteiger partial charge is 0.290 e. The van der Waals surface area contributed by atoms with Gasteiger partial charge in [0.2, 0.25) is 0 Å². The molecule has 1 aliphatic heterocycles. The molecule has 3 rings (SSSR count). The van der Waals surface area contributed by atoms with E-state index in [0.29, 0.717) is 22.6 Å². The Bertz CT molecular complexity index is 869. The molecule has 7 nitrogen and oxygen atoms in total. The molecule has 8 heteroatoms. The van der Waals surface area contributed by atoms with Gasteiger partial charge in [-0.15, -0.1) is 0 Å². The molecule has 2 amide bonds. The number of hydrogen-bond acceptors (Lipinski definition) is 6. The lowest BCUT2D eigenvalue weighted by Crippen LogP contribution is -2.17. The summed E-state index contributed by atoms with van der Waals surface area (Å²) in [5, 5.41) is 12.7. The molecule has 0 saturated carbocycles. The van der Waals surface area contributed by atoms with Crippen LogP contribution in [0.3, 0.4) is 0 Å². The molecular weight excluding hydrogens is 320 g/mol. The number of benzene rings is 1. The summed E-state index contributed by atoms with van der Waals surface area (Å²) in [5.41, 5.74) is 1.13. The summed E-state index contributed by atoms with van der Waals surface area (Å²) in [5.74, 6) is 0.356. The summed E-state index contributed by atoms with van der Waals surface area (Å²) in [4.78, 5) is 33.4. The first-order valence-electron chi connectivity index (χ1n) is 6.54. The number of aryl methyl sites for hydroxylation is 1. The number of nitrogens with zero attached hydrogens (tertiary/aromatic N) is 1. The standard InChI is InChI=1S/C15H10N2O5S/c1-8-2-3-9(6-11(8)17(20)21)12-5-4-10(22-12)7-13-14(18)16-15(19)23-13/h2-7H,1H3,(H,16,18,19)/b13-7+. The molecule has 116 valence electrons. The van der Waals surface area contributed by atoms with Gasteiger partial charge in [0.1, 0.15) is 11.5 Å². The van der Waals surface area contributed by atoms with Crippen LogP contribution in [0.2, 0.25) is 0 Å². The van der Waals surface area contributed by atoms with Crippen molar-refractivity contribution in [2.45, 2.75) is 6.92 Å². The molecule has 2 aromatic rings. The number of furan rings is 1. The van der Waals surface area contributed by atoms with E-state index in [1.54, 1.807) is 31.2 Å². The van der Waals surface area contributed by atoms with Crippen LogP contribution in [0.1, 0.15) is 11.3 Å². The van der Waals surface area contributed by atoms with Crippen LogP contribution in [0.4, 0.5) is 10.5 Å². The Kier molecular flexibility index (Phi) is 3.75. The maximum absolute atomic E-state index is 11.5. The minimum Gasteiger partial charge on any atom is -0.457 e. The molecule has 1 aliphatic rings. The molecule has 1 aromatic carbocycles. The van der Waals surface area contributed by atoms with Crippen LogP contribution in [-0.2, 0) is 4.79 Å². The molecular formula is C15H10N2O5S. The number of nitrogens with one attached hydrogen (secondary N) is 1. The number of carbonyl (C=O) groups is 2. The molecule has 23 heavy (non-hydrogen) atoms. The first-order chi connectivity index (χ1) is 10.9. The van der Waals surface area contributed by atoms with Gasteiger partial charge < -0.3 is 4.42 Å². The summed E-state index contributed by atoms with van der Waals surface area (Å²) in [6.07, 6.45) is 1.46. The van der Waals surface area contributed by atoms with Crippen molar-refractivity contribution >= 4 is 34.7 Å². The highest BCUT2D eigenvalue weighted by molar-refractivity contribution is 8.18. The van der Waals surface area contributed by atoms with Crippen molar-refractivity contribution in [1.29, 1.82) is 0 Å². The maximum atomic E-state index is 11.5. The van der Waals surface area contributed by atoms with Crippen LogP contribution >= 0.6 is 11.8 Å². The third-order valence-electron chi connectivity index (χ3n) is 3.23. The number of amides is 2. The average Bonchev–Trinajstić information content (AvgIpc) is 3.06. The quantitative estimate of drug-likeness (QED) is 0.525. The minimum atomic E-state index is -0.469. The zero-order valence-corrected chi connectivity index (χ0v) is 12.7. The van der Waals surface area contributed by atoms with E-state index in [0.717, 1.165) is 11.8 Å². The van der Waals surface area contributed by atoms with E-state index in [1.165, 1.54) is 12.1 Å². The molecule has 0 spiro atoms. The van der Waals surface area contributed by atoms with Crippen LogP contribution in [0.25, 0.3) is 17.4 Å². The van der Waals surface area contributed by atoms with Crippen molar-refractivity contribution < 1.29 is 18.9 Å². The molecule has 1 N–H and O–H groups in total. The van der Waals surface area contributed by atoms with E-state index in [1.807, 2.05) is 0 Å². The highest BCUT2D eigenvalue weighted by Crippen LogP contribution is 2.30. The van der Waals surface area contributed by atoms with Gasteiger partial charge in [-0.25, -0.2) is 0 Å². The number of thioether (sulfide) groups is 1. The van der Waals surface area contributed by atoms with E-state index in [-0.39, 0.29) is 10.6 Å². The number of hydrogen-bond donors (Lipinski definition) is 1. The zero-order chi connectivity index (χ0) is 16.6. The van der Waals surface area contributed by atoms with Crippen molar-refractivity contribution in [2.75, 3.05) is 0 Å². The maximum Gasteiger partial charge on any atom is 0.290 e. The first kappa shape index (κ1) is 15.0. The second-order valence-corrected chi connectivity index (χ2v) is 5.83. The Morgan fingerprint density at radius 1 is 1.26 bits per heavy atom. The largest absolute Gasteiger partial charge is 0.457 e. The van der Waals surface area contributed by atoms with Gasteiger partial charge in [-0.05, 0) is 30.8 Å². The highest BCUT2D eigenvalue weighted by Gasteiger charge is 2.25. The van der Waals surface area contributed by atoms with Crippen LogP contribution in [0, 0.1) is 17.0 Å². The summed E-state index contributed by atoms with van der Waals surface area (Å²) in [6, 6.07) is 8.09. The fourth-order valence-electron chi connectivity index (χ4n) is 2.10. The van der Waals surface area contributed by atoms with E-state index >= 15 is 0 Å². The fraction of sp³-hybridized carbons (Fsp3) is 0.0667. The Morgan fingerprint density at radius 2 is 2.04 bits per heavy atom. The van der Waals surface area contributed by atoms with Crippen molar-refractivity contribution in [3.05, 3.63) is 56.7 Å². The fourth-order valence-corrected chi connectivity index (χ4v) is 2.76. The number of imide groups is 1. The summed E-state index contributed by atoms with van der Waals surface area (Å²) in [7, 11) is 0. The van der Waals surface area contributed by atoms with E-state index in [9.17, 15) is 19.7 Å². The molecule has 0 radical (unpaired) electrons. The van der Waals surface area contributed by atoms with Crippen molar-refractivity contribution in [1.82, 2.24) is 5.32 Å². The number of carbonyl (C=O) groups excluding carboxylic acids is 2. The molecule has 0 aliphatic carbocycles. The third-order valence-corrected chi connectivity index (χ3v) is 4.04. The third kappa shape index (κ3) is 3.02. The van der Waals surface area contributed by atoms with Crippen LogP contribution < -0.4 is 5.32 Å². The lowest BCUT2D eigenvalue weighted by atomic mass is 10.1. The van der Waals surface area contributed by atoms with Crippen molar-refractivity contribution in [3.63, 3.8) is 0 Å². The second kappa shape index (κ2) is 5.73. The SMILES string of the molecule is Cc1ccc(-c2ccc(/C=C3/SC(=O)NC3=O)o2)cc1[N+](=O)[O-]. The number of rotatable bonds is 3. The molecule has 0 unspecified atom stereocenters. The Morgan fingerprint density at radius 3 is 2.70 bits per heavy atom. The zero-order valence-electron chi connectivity index (χ0n) is 11.9. The van der Waals surface area contributed by atoms with Crippen LogP contribution in [0.5, 0.6) is 0 Å². The van der Waals surface area contributed by atoms with E-state index in [4.69, 9.17) is 4.42 Å². The summed E-state index contributed by atoms with van der Waals surface area (Å²) >= 11 is 0.794. The highest BCUT2D eigenvalue weighted by atomic mass is 32.2. The molecule has 2 heterocycles. The van der Waals surface area contributed by atoms with Gasteiger partial charge in [0.25, 0.3) is 16.8 Å². The molecule has 1 saturated heterocycles. The monoisotopic (exact) mass is 330 g/mol. The average molecular weight is 330 g/mol. The molecule has 0 bridgehead atoms. The number of nitro benzene ring substituents is 1. The molecule has 0 atom stereocenters. The van der Waals surface area contributed by atoms with Gasteiger partial charge in [-0.3, -0.25) is 25.0 Å². The van der Waals surface area contributed by atoms with Gasteiger partial charge in [-0.1, -0.05) is 12.1 Å². The predicted molar refractivity (Wildman–Crippen MR) is 84.6 cm³/mol. The minimum absolute atomic E-state index is 0.00938. The topological polar surface area (TPSA) is 102 Å². The van der Waals surface area contributed by atoms with Crippen LogP contribution in [-0.4, -0.2) is 16.1 Å². The van der Waals surface area contributed by atoms with Gasteiger partial charge in [0.05, 0.1) is 9.83 Å². The van der Waals surface area contributed by atoms with Gasteiger partial charge >= 0.3 is 0 Å². The van der Waals surface area contributed by atoms with Gasteiger partial charge in [0.15, 0.2) is 0 Å². The lowest BCUT2D eigenvalue weighted by Gasteiger charge is -2.00. The normalized spacial score (nSPS) is 16.0. The molecule has 1 fully saturated rings. The lowest BCUT2D eigenvalue weighted by molar-refractivity contribution is -0.385. The van der Waals surface area contributed by atoms with Crippen molar-refractivity contribution in [3.8, 4) is 11.3 Å². The number of nitro groups is 1. The summed E-state index contributed by atoms with van der Waals surface area (Å²) in [6.45, 7) is 1.66. The second-order valence-electron chi connectivity index (χ2n) is 4.81. The van der Waals surface area contributed by atoms with E-state index < -0.39 is 16.1 Å². The Labute approximate surface area is 134 Å². The van der Waals surface area contributed by atoms with Gasteiger partial charge in [-0.2, -0.15) is 0 Å². The Balaban J connectivity index is 1.92. The summed E-state index contributed by atoms with van der Waals surface area (Å²) < 4.78 is 5.59. The van der Waals surface area contributed by atoms with Crippen LogP contribution in [0.15, 0.2) is 39.7 Å². The van der Waals surface area contributed by atoms with E-state index in [2.05, 4.69) is 5.32 Å². The molecule has 1 aromatic heterocycles. The van der Waals surface area contributed by atoms with Crippen molar-refractivity contribution in [2.24, 2.45) is 0 Å². The first-order valence-corrected chi connectivity index (χ1v) is 7.36. The Hall–Kier alpha value is -2.87. The van der Waals surface area contributed by atoms with Gasteiger partial charge in [0, 0.05) is 23.3 Å².